The Kier molecular flexibility index (Phi) is 5.16. The second-order valence-electron chi connectivity index (χ2n) is 4.22. The molecule has 1 atom stereocenters. The van der Waals surface area contributed by atoms with Crippen LogP contribution in [0, 0.1) is 0 Å². The van der Waals surface area contributed by atoms with E-state index in [4.69, 9.17) is 4.74 Å². The van der Waals surface area contributed by atoms with Crippen molar-refractivity contribution < 1.29 is 14.6 Å². The molecule has 1 rings (SSSR count). The van der Waals surface area contributed by atoms with E-state index < -0.39 is 11.5 Å². The maximum atomic E-state index is 11.6. The standard InChI is InChI=1S/C14H21NO3/c1-4-10-15-14(5-2,13(16)17)11-6-8-12(18-3)9-7-11/h6-9,15H,4-5,10H2,1-3H3,(H,16,17). The topological polar surface area (TPSA) is 58.6 Å². The molecular formula is C14H21NO3. The number of carbonyl (C=O) groups is 1. The van der Waals surface area contributed by atoms with Gasteiger partial charge >= 0.3 is 5.97 Å². The van der Waals surface area contributed by atoms with Crippen LogP contribution in [0.4, 0.5) is 0 Å². The van der Waals surface area contributed by atoms with Crippen LogP contribution < -0.4 is 10.1 Å². The number of benzene rings is 1. The predicted octanol–water partition coefficient (Wildman–Crippen LogP) is 2.38. The smallest absolute Gasteiger partial charge is 0.328 e. The van der Waals surface area contributed by atoms with Gasteiger partial charge in [-0.2, -0.15) is 0 Å². The van der Waals surface area contributed by atoms with Gasteiger partial charge in [-0.15, -0.1) is 0 Å². The summed E-state index contributed by atoms with van der Waals surface area (Å²) in [5.41, 5.74) is -0.255. The van der Waals surface area contributed by atoms with Gasteiger partial charge < -0.3 is 9.84 Å². The molecule has 0 aromatic heterocycles. The number of methoxy groups -OCH3 is 1. The molecular weight excluding hydrogens is 230 g/mol. The molecule has 0 amide bonds. The van der Waals surface area contributed by atoms with Crippen LogP contribution in [0.5, 0.6) is 5.75 Å². The fraction of sp³-hybridized carbons (Fsp3) is 0.500. The quantitative estimate of drug-likeness (QED) is 0.781. The Balaban J connectivity index is 3.10. The summed E-state index contributed by atoms with van der Waals surface area (Å²) in [5.74, 6) is -0.117. The molecule has 0 spiro atoms. The molecule has 0 heterocycles. The van der Waals surface area contributed by atoms with Crippen LogP contribution in [-0.2, 0) is 10.3 Å². The summed E-state index contributed by atoms with van der Waals surface area (Å²) >= 11 is 0. The van der Waals surface area contributed by atoms with Gasteiger partial charge in [-0.05, 0) is 37.1 Å². The van der Waals surface area contributed by atoms with Crippen molar-refractivity contribution in [1.82, 2.24) is 5.32 Å². The summed E-state index contributed by atoms with van der Waals surface area (Å²) in [7, 11) is 1.59. The Morgan fingerprint density at radius 2 is 1.94 bits per heavy atom. The number of hydrogen-bond acceptors (Lipinski definition) is 3. The van der Waals surface area contributed by atoms with Crippen molar-refractivity contribution in [3.63, 3.8) is 0 Å². The molecule has 1 aromatic carbocycles. The molecule has 18 heavy (non-hydrogen) atoms. The van der Waals surface area contributed by atoms with E-state index in [1.165, 1.54) is 0 Å². The van der Waals surface area contributed by atoms with Crippen LogP contribution in [-0.4, -0.2) is 24.7 Å². The second kappa shape index (κ2) is 6.40. The van der Waals surface area contributed by atoms with Crippen LogP contribution in [0.3, 0.4) is 0 Å². The molecule has 0 aliphatic heterocycles. The molecule has 2 N–H and O–H groups in total. The predicted molar refractivity (Wildman–Crippen MR) is 70.9 cm³/mol. The molecule has 0 saturated carbocycles. The summed E-state index contributed by atoms with van der Waals surface area (Å²) in [5, 5.41) is 12.7. The highest BCUT2D eigenvalue weighted by Gasteiger charge is 2.37. The number of carboxylic acid groups (broad SMARTS) is 1. The number of rotatable bonds is 7. The Hall–Kier alpha value is -1.55. The third-order valence-electron chi connectivity index (χ3n) is 3.16. The molecule has 0 radical (unpaired) electrons. The highest BCUT2D eigenvalue weighted by molar-refractivity contribution is 5.80. The number of carboxylic acids is 1. The van der Waals surface area contributed by atoms with Crippen molar-refractivity contribution in [2.24, 2.45) is 0 Å². The lowest BCUT2D eigenvalue weighted by Gasteiger charge is -2.30. The van der Waals surface area contributed by atoms with Gasteiger partial charge in [0.05, 0.1) is 7.11 Å². The summed E-state index contributed by atoms with van der Waals surface area (Å²) in [6, 6.07) is 7.19. The molecule has 0 saturated heterocycles. The molecule has 0 aliphatic rings. The Bertz CT molecular complexity index is 389. The number of hydrogen-bond donors (Lipinski definition) is 2. The van der Waals surface area contributed by atoms with Crippen molar-refractivity contribution >= 4 is 5.97 Å². The van der Waals surface area contributed by atoms with E-state index in [1.54, 1.807) is 31.4 Å². The van der Waals surface area contributed by atoms with E-state index in [-0.39, 0.29) is 0 Å². The van der Waals surface area contributed by atoms with Crippen LogP contribution in [0.2, 0.25) is 0 Å². The molecule has 0 fully saturated rings. The zero-order valence-electron chi connectivity index (χ0n) is 11.2. The summed E-state index contributed by atoms with van der Waals surface area (Å²) in [6.45, 7) is 4.57. The molecule has 1 unspecified atom stereocenters. The zero-order chi connectivity index (χ0) is 13.6. The Labute approximate surface area is 108 Å². The van der Waals surface area contributed by atoms with Gasteiger partial charge in [0.2, 0.25) is 0 Å². The largest absolute Gasteiger partial charge is 0.497 e. The summed E-state index contributed by atoms with van der Waals surface area (Å²) in [6.07, 6.45) is 1.39. The van der Waals surface area contributed by atoms with Crippen molar-refractivity contribution in [2.75, 3.05) is 13.7 Å². The third-order valence-corrected chi connectivity index (χ3v) is 3.16. The Morgan fingerprint density at radius 1 is 1.33 bits per heavy atom. The normalized spacial score (nSPS) is 13.9. The first-order chi connectivity index (χ1) is 8.60. The van der Waals surface area contributed by atoms with Gasteiger partial charge in [-0.25, -0.2) is 4.79 Å². The minimum absolute atomic E-state index is 0.495. The van der Waals surface area contributed by atoms with Crippen LogP contribution >= 0.6 is 0 Å². The molecule has 4 nitrogen and oxygen atoms in total. The molecule has 100 valence electrons. The van der Waals surface area contributed by atoms with Crippen molar-refractivity contribution in [1.29, 1.82) is 0 Å². The summed E-state index contributed by atoms with van der Waals surface area (Å²) in [4.78, 5) is 11.6. The third kappa shape index (κ3) is 2.82. The van der Waals surface area contributed by atoms with E-state index in [9.17, 15) is 9.90 Å². The monoisotopic (exact) mass is 251 g/mol. The first-order valence-corrected chi connectivity index (χ1v) is 6.23. The highest BCUT2D eigenvalue weighted by Crippen LogP contribution is 2.27. The maximum absolute atomic E-state index is 11.6. The van der Waals surface area contributed by atoms with Gasteiger partial charge in [-0.1, -0.05) is 26.0 Å². The van der Waals surface area contributed by atoms with Gasteiger partial charge in [0, 0.05) is 0 Å². The maximum Gasteiger partial charge on any atom is 0.328 e. The highest BCUT2D eigenvalue weighted by atomic mass is 16.5. The van der Waals surface area contributed by atoms with Gasteiger partial charge in [0.15, 0.2) is 0 Å². The molecule has 1 aromatic rings. The zero-order valence-corrected chi connectivity index (χ0v) is 11.2. The summed E-state index contributed by atoms with van der Waals surface area (Å²) < 4.78 is 5.09. The van der Waals surface area contributed by atoms with Crippen LogP contribution in [0.15, 0.2) is 24.3 Å². The fourth-order valence-corrected chi connectivity index (χ4v) is 2.00. The van der Waals surface area contributed by atoms with E-state index in [1.807, 2.05) is 13.8 Å². The van der Waals surface area contributed by atoms with Crippen molar-refractivity contribution in [3.8, 4) is 5.75 Å². The van der Waals surface area contributed by atoms with Crippen LogP contribution in [0.1, 0.15) is 32.3 Å². The fourth-order valence-electron chi connectivity index (χ4n) is 2.00. The number of nitrogens with one attached hydrogen (secondary N) is 1. The van der Waals surface area contributed by atoms with E-state index in [2.05, 4.69) is 5.32 Å². The van der Waals surface area contributed by atoms with Gasteiger partial charge in [0.25, 0.3) is 0 Å². The lowest BCUT2D eigenvalue weighted by atomic mass is 9.87. The SMILES string of the molecule is CCCNC(CC)(C(=O)O)c1ccc(OC)cc1. The molecule has 0 aliphatic carbocycles. The minimum Gasteiger partial charge on any atom is -0.497 e. The average molecular weight is 251 g/mol. The first kappa shape index (κ1) is 14.5. The average Bonchev–Trinajstić information content (AvgIpc) is 2.40. The number of aliphatic carboxylic acids is 1. The first-order valence-electron chi connectivity index (χ1n) is 6.23. The number of ether oxygens (including phenoxy) is 1. The minimum atomic E-state index is -1.01. The second-order valence-corrected chi connectivity index (χ2v) is 4.22. The van der Waals surface area contributed by atoms with Crippen molar-refractivity contribution in [2.45, 2.75) is 32.2 Å². The van der Waals surface area contributed by atoms with E-state index in [0.29, 0.717) is 13.0 Å². The van der Waals surface area contributed by atoms with Gasteiger partial charge in [-0.3, -0.25) is 5.32 Å². The molecule has 4 heteroatoms. The molecule has 0 bridgehead atoms. The van der Waals surface area contributed by atoms with E-state index in [0.717, 1.165) is 17.7 Å². The van der Waals surface area contributed by atoms with Gasteiger partial charge in [0.1, 0.15) is 11.3 Å². The Morgan fingerprint density at radius 3 is 2.33 bits per heavy atom. The van der Waals surface area contributed by atoms with Crippen LogP contribution in [0.25, 0.3) is 0 Å². The lowest BCUT2D eigenvalue weighted by molar-refractivity contribution is -0.145. The van der Waals surface area contributed by atoms with E-state index >= 15 is 0 Å². The lowest BCUT2D eigenvalue weighted by Crippen LogP contribution is -2.49. The van der Waals surface area contributed by atoms with Crippen molar-refractivity contribution in [3.05, 3.63) is 29.8 Å².